The number of hydrogen-bond acceptors (Lipinski definition) is 7. The van der Waals surface area contributed by atoms with E-state index < -0.39 is 17.8 Å². The fourth-order valence-electron chi connectivity index (χ4n) is 2.67. The largest absolute Gasteiger partial charge is 0.358 e. The van der Waals surface area contributed by atoms with Gasteiger partial charge in [0.05, 0.1) is 11.8 Å². The molecule has 0 saturated carbocycles. The summed E-state index contributed by atoms with van der Waals surface area (Å²) in [6.07, 6.45) is 1.09. The lowest BCUT2D eigenvalue weighted by Gasteiger charge is -2.22. The van der Waals surface area contributed by atoms with Crippen molar-refractivity contribution in [1.29, 1.82) is 0 Å². The van der Waals surface area contributed by atoms with Crippen molar-refractivity contribution < 1.29 is 23.8 Å². The predicted octanol–water partition coefficient (Wildman–Crippen LogP) is 1.57. The van der Waals surface area contributed by atoms with Crippen LogP contribution in [0.2, 0.25) is 0 Å². The van der Waals surface area contributed by atoms with Gasteiger partial charge < -0.3 is 5.32 Å². The highest BCUT2D eigenvalue weighted by molar-refractivity contribution is 8.00. The lowest BCUT2D eigenvalue weighted by molar-refractivity contribution is -0.118. The molecule has 0 aliphatic heterocycles. The van der Waals surface area contributed by atoms with Crippen molar-refractivity contribution in [1.82, 2.24) is 20.7 Å². The van der Waals surface area contributed by atoms with Gasteiger partial charge in [-0.25, -0.2) is 14.1 Å². The number of carbonyl (C=O) groups excluding carboxylic acids is 2. The van der Waals surface area contributed by atoms with Crippen molar-refractivity contribution in [3.05, 3.63) is 40.8 Å². The Morgan fingerprint density at radius 1 is 1.48 bits per heavy atom. The van der Waals surface area contributed by atoms with Crippen molar-refractivity contribution in [2.75, 3.05) is 12.8 Å². The molecule has 1 atom stereocenters. The molecule has 0 spiro atoms. The number of nitrogens with zero attached hydrogens (tertiary/aromatic N) is 3. The first kappa shape index (κ1) is 17.4. The van der Waals surface area contributed by atoms with Crippen LogP contribution in [0.3, 0.4) is 0 Å². The van der Waals surface area contributed by atoms with Gasteiger partial charge in [0.15, 0.2) is 5.03 Å². The van der Waals surface area contributed by atoms with Crippen LogP contribution in [-0.4, -0.2) is 45.2 Å². The molecule has 8 nitrogen and oxygen atoms in total. The van der Waals surface area contributed by atoms with Crippen molar-refractivity contribution >= 4 is 23.6 Å². The van der Waals surface area contributed by atoms with Gasteiger partial charge in [0.25, 0.3) is 0 Å². The van der Waals surface area contributed by atoms with E-state index in [1.54, 1.807) is 6.07 Å². The fraction of sp³-hybridized carbons (Fsp3) is 0.333. The van der Waals surface area contributed by atoms with Crippen LogP contribution >= 0.6 is 11.8 Å². The molecule has 1 aliphatic carbocycles. The summed E-state index contributed by atoms with van der Waals surface area (Å²) >= 11 is 0.965. The summed E-state index contributed by atoms with van der Waals surface area (Å²) < 4.78 is 18.0. The number of amides is 2. The van der Waals surface area contributed by atoms with Crippen molar-refractivity contribution in [3.63, 3.8) is 0 Å². The quantitative estimate of drug-likeness (QED) is 0.470. The first-order valence-electron chi connectivity index (χ1n) is 7.48. The van der Waals surface area contributed by atoms with E-state index in [4.69, 9.17) is 0 Å². The third-order valence-corrected chi connectivity index (χ3v) is 4.88. The number of hydrogen-bond donors (Lipinski definition) is 2. The van der Waals surface area contributed by atoms with Crippen LogP contribution in [-0.2, 0) is 11.2 Å². The maximum Gasteiger partial charge on any atom is 0.302 e. The van der Waals surface area contributed by atoms with Gasteiger partial charge in [-0.15, -0.1) is 0 Å². The maximum atomic E-state index is 13.5. The Kier molecular flexibility index (Phi) is 5.00. The minimum Gasteiger partial charge on any atom is -0.358 e. The molecule has 1 aliphatic rings. The average Bonchev–Trinajstić information content (AvgIpc) is 3.24. The summed E-state index contributed by atoms with van der Waals surface area (Å²) in [6, 6.07) is 3.63. The Morgan fingerprint density at radius 3 is 3.04 bits per heavy atom. The lowest BCUT2D eigenvalue weighted by Crippen LogP contribution is -2.31. The highest BCUT2D eigenvalue weighted by Gasteiger charge is 2.34. The Balaban J connectivity index is 1.78. The van der Waals surface area contributed by atoms with Crippen molar-refractivity contribution in [2.45, 2.75) is 23.9 Å². The molecule has 25 heavy (non-hydrogen) atoms. The summed E-state index contributed by atoms with van der Waals surface area (Å²) in [7, 11) is 1.49. The van der Waals surface area contributed by atoms with Gasteiger partial charge in [0.2, 0.25) is 11.6 Å². The van der Waals surface area contributed by atoms with Gasteiger partial charge in [0, 0.05) is 7.05 Å². The van der Waals surface area contributed by atoms with Crippen molar-refractivity contribution in [2.24, 2.45) is 0 Å². The molecule has 0 bridgehead atoms. The second-order valence-corrected chi connectivity index (χ2v) is 6.39. The summed E-state index contributed by atoms with van der Waals surface area (Å²) in [5.41, 5.74) is 1.25. The topological polar surface area (TPSA) is 109 Å². The molecular formula is C15H15FN4O4S. The highest BCUT2D eigenvalue weighted by Crippen LogP contribution is 2.36. The van der Waals surface area contributed by atoms with Crippen LogP contribution in [0, 0.1) is 5.82 Å². The Bertz CT molecular complexity index is 813. The average molecular weight is 366 g/mol. The SMILES string of the molecule is CNC(=O)CSc1nonc1C(=O)N(O)C1CCc2ccc(F)cc21. The van der Waals surface area contributed by atoms with Crippen LogP contribution in [0.25, 0.3) is 0 Å². The third-order valence-electron chi connectivity index (χ3n) is 3.94. The van der Waals surface area contributed by atoms with E-state index in [1.165, 1.54) is 19.2 Å². The molecule has 3 rings (SSSR count). The molecule has 2 amide bonds. The van der Waals surface area contributed by atoms with Crippen LogP contribution in [0.5, 0.6) is 0 Å². The standard InChI is InChI=1S/C15H15FN4O4S/c1-17-12(21)7-25-14-13(18-24-19-14)15(22)20(23)11-5-3-8-2-4-9(16)6-10(8)11/h2,4,6,11,23H,3,5,7H2,1H3,(H,17,21). The second-order valence-electron chi connectivity index (χ2n) is 5.43. The number of hydroxylamine groups is 2. The smallest absolute Gasteiger partial charge is 0.302 e. The van der Waals surface area contributed by atoms with Crippen molar-refractivity contribution in [3.8, 4) is 0 Å². The van der Waals surface area contributed by atoms with Crippen LogP contribution in [0.15, 0.2) is 27.9 Å². The molecule has 10 heteroatoms. The normalized spacial score (nSPS) is 15.7. The zero-order valence-electron chi connectivity index (χ0n) is 13.2. The highest BCUT2D eigenvalue weighted by atomic mass is 32.2. The number of fused-ring (bicyclic) bond motifs is 1. The Morgan fingerprint density at radius 2 is 2.28 bits per heavy atom. The lowest BCUT2D eigenvalue weighted by atomic mass is 10.1. The number of nitrogens with one attached hydrogen (secondary N) is 1. The molecule has 0 fully saturated rings. The predicted molar refractivity (Wildman–Crippen MR) is 84.5 cm³/mol. The zero-order valence-corrected chi connectivity index (χ0v) is 14.0. The minimum atomic E-state index is -0.817. The molecule has 1 aromatic heterocycles. The first-order valence-corrected chi connectivity index (χ1v) is 8.46. The minimum absolute atomic E-state index is 0.0217. The van der Waals surface area contributed by atoms with Gasteiger partial charge in [-0.05, 0) is 46.4 Å². The number of halogens is 1. The molecule has 2 aromatic rings. The van der Waals surface area contributed by atoms with Crippen LogP contribution in [0.1, 0.15) is 34.1 Å². The second kappa shape index (κ2) is 7.19. The van der Waals surface area contributed by atoms with E-state index >= 15 is 0 Å². The molecule has 0 saturated heterocycles. The molecular weight excluding hydrogens is 351 g/mol. The van der Waals surface area contributed by atoms with Gasteiger partial charge in [-0.1, -0.05) is 17.8 Å². The first-order chi connectivity index (χ1) is 12.0. The summed E-state index contributed by atoms with van der Waals surface area (Å²) in [4.78, 5) is 23.8. The van der Waals surface area contributed by atoms with Gasteiger partial charge in [-0.2, -0.15) is 0 Å². The van der Waals surface area contributed by atoms with E-state index in [0.29, 0.717) is 23.5 Å². The molecule has 2 N–H and O–H groups in total. The molecule has 132 valence electrons. The summed E-state index contributed by atoms with van der Waals surface area (Å²) in [6.45, 7) is 0. The number of thioether (sulfide) groups is 1. The number of aromatic nitrogens is 2. The molecule has 0 radical (unpaired) electrons. The molecule has 1 heterocycles. The number of benzene rings is 1. The monoisotopic (exact) mass is 366 g/mol. The van der Waals surface area contributed by atoms with Gasteiger partial charge in [-0.3, -0.25) is 14.8 Å². The summed E-state index contributed by atoms with van der Waals surface area (Å²) in [5, 5.41) is 20.5. The van der Waals surface area contributed by atoms with E-state index in [2.05, 4.69) is 20.3 Å². The summed E-state index contributed by atoms with van der Waals surface area (Å²) in [5.74, 6) is -1.49. The van der Waals surface area contributed by atoms with Crippen LogP contribution in [0.4, 0.5) is 4.39 Å². The van der Waals surface area contributed by atoms with E-state index in [-0.39, 0.29) is 22.4 Å². The molecule has 1 aromatic carbocycles. The zero-order chi connectivity index (χ0) is 18.0. The van der Waals surface area contributed by atoms with E-state index in [1.807, 2.05) is 0 Å². The third kappa shape index (κ3) is 3.49. The number of aryl methyl sites for hydroxylation is 1. The fourth-order valence-corrected chi connectivity index (χ4v) is 3.43. The Hall–Kier alpha value is -2.46. The number of carbonyl (C=O) groups is 2. The Labute approximate surface area is 146 Å². The van der Waals surface area contributed by atoms with Crippen LogP contribution < -0.4 is 5.32 Å². The van der Waals surface area contributed by atoms with Gasteiger partial charge in [0.1, 0.15) is 5.82 Å². The maximum absolute atomic E-state index is 13.5. The van der Waals surface area contributed by atoms with Gasteiger partial charge >= 0.3 is 5.91 Å². The van der Waals surface area contributed by atoms with E-state index in [9.17, 15) is 19.2 Å². The molecule has 1 unspecified atom stereocenters. The number of rotatable bonds is 5. The van der Waals surface area contributed by atoms with E-state index in [0.717, 1.165) is 17.3 Å².